The van der Waals surface area contributed by atoms with Gasteiger partial charge in [0.1, 0.15) is 11.2 Å². The minimum Gasteiger partial charge on any atom is -0.456 e. The normalized spacial score (nSPS) is 12.4. The molecule has 0 radical (unpaired) electrons. The van der Waals surface area contributed by atoms with Crippen molar-refractivity contribution in [1.29, 1.82) is 0 Å². The molecule has 0 aliphatic heterocycles. The first-order valence-electron chi connectivity index (χ1n) is 25.4. The lowest BCUT2D eigenvalue weighted by Gasteiger charge is -2.27. The molecule has 1 heterocycles. The van der Waals surface area contributed by atoms with E-state index in [2.05, 4.69) is 237 Å². The summed E-state index contributed by atoms with van der Waals surface area (Å²) in [6.07, 6.45) is 0. The molecule has 0 spiro atoms. The molecule has 73 heavy (non-hydrogen) atoms. The molecule has 16 aromatic rings. The maximum Gasteiger partial charge on any atom is 0.135 e. The molecule has 1 aromatic heterocycles. The van der Waals surface area contributed by atoms with Crippen molar-refractivity contribution in [2.75, 3.05) is 0 Å². The van der Waals surface area contributed by atoms with Gasteiger partial charge in [-0.25, -0.2) is 0 Å². The highest BCUT2D eigenvalue weighted by atomic mass is 16.3. The topological polar surface area (TPSA) is 13.1 Å². The molecule has 1 aliphatic carbocycles. The van der Waals surface area contributed by atoms with Gasteiger partial charge in [0.05, 0.1) is 0 Å². The minimum absolute atomic E-state index is 0.900. The van der Waals surface area contributed by atoms with E-state index in [1.165, 1.54) is 141 Å². The number of rotatable bonds is 1. The van der Waals surface area contributed by atoms with Gasteiger partial charge in [-0.15, -0.1) is 0 Å². The Kier molecular flexibility index (Phi) is 7.79. The molecule has 334 valence electrons. The molecule has 17 rings (SSSR count). The maximum atomic E-state index is 6.36. The number of hydrogen-bond donors (Lipinski definition) is 0. The molecule has 15 aromatic carbocycles. The van der Waals surface area contributed by atoms with E-state index in [0.29, 0.717) is 0 Å². The quantitative estimate of drug-likeness (QED) is 0.150. The zero-order valence-electron chi connectivity index (χ0n) is 39.5. The summed E-state index contributed by atoms with van der Waals surface area (Å²) in [5, 5.41) is 25.0. The summed E-state index contributed by atoms with van der Waals surface area (Å²) < 4.78 is 6.36. The van der Waals surface area contributed by atoms with Crippen LogP contribution in [0.2, 0.25) is 0 Å². The van der Waals surface area contributed by atoms with Gasteiger partial charge < -0.3 is 4.42 Å². The highest BCUT2D eigenvalue weighted by Gasteiger charge is 2.27. The van der Waals surface area contributed by atoms with Gasteiger partial charge in [-0.2, -0.15) is 0 Å². The Labute approximate surface area is 419 Å². The highest BCUT2D eigenvalue weighted by Crippen LogP contribution is 2.54. The van der Waals surface area contributed by atoms with Crippen molar-refractivity contribution in [3.63, 3.8) is 0 Å². The summed E-state index contributed by atoms with van der Waals surface area (Å²) in [5.41, 5.74) is 13.9. The van der Waals surface area contributed by atoms with Crippen LogP contribution in [0.25, 0.3) is 175 Å². The Morgan fingerprint density at radius 2 is 0.397 bits per heavy atom. The van der Waals surface area contributed by atoms with Crippen LogP contribution in [0.4, 0.5) is 0 Å². The van der Waals surface area contributed by atoms with Crippen LogP contribution in [0, 0.1) is 0 Å². The van der Waals surface area contributed by atoms with Crippen LogP contribution in [-0.4, -0.2) is 0 Å². The van der Waals surface area contributed by atoms with Gasteiger partial charge in [0, 0.05) is 10.8 Å². The maximum absolute atomic E-state index is 6.36. The third-order valence-corrected chi connectivity index (χ3v) is 16.5. The third kappa shape index (κ3) is 5.40. The second kappa shape index (κ2) is 14.5. The first-order valence-corrected chi connectivity index (χ1v) is 25.4. The molecule has 0 saturated heterocycles. The summed E-state index contributed by atoms with van der Waals surface area (Å²) in [6.45, 7) is 0. The van der Waals surface area contributed by atoms with Crippen molar-refractivity contribution in [1.82, 2.24) is 0 Å². The van der Waals surface area contributed by atoms with E-state index in [4.69, 9.17) is 4.42 Å². The van der Waals surface area contributed by atoms with Crippen molar-refractivity contribution >= 4 is 119 Å². The molecule has 0 bridgehead atoms. The van der Waals surface area contributed by atoms with Crippen LogP contribution >= 0.6 is 0 Å². The van der Waals surface area contributed by atoms with Gasteiger partial charge in [-0.1, -0.05) is 182 Å². The molecule has 1 heteroatoms. The first-order chi connectivity index (χ1) is 36.2. The van der Waals surface area contributed by atoms with Gasteiger partial charge >= 0.3 is 0 Å². The Hall–Kier alpha value is -9.56. The number of fused-ring (bicyclic) bond motifs is 29. The SMILES string of the molecule is c1ccc2c(c1)oc1ccc(-c3ccc4c(c3)-c3cc5c6ccccc6c6ccccc6c5cc3-c3cc5c6ccccc6c6ccccc6c5cc3-c3cc5c6ccccc6c6ccccc6c5cc3-4)cc12. The molecule has 0 atom stereocenters. The Morgan fingerprint density at radius 1 is 0.151 bits per heavy atom. The fourth-order valence-electron chi connectivity index (χ4n) is 13.3. The molecule has 0 saturated carbocycles. The van der Waals surface area contributed by atoms with Gasteiger partial charge in [-0.3, -0.25) is 0 Å². The number of furan rings is 1. The molecular formula is C72H40O. The second-order valence-electron chi connectivity index (χ2n) is 20.2. The number of hydrogen-bond acceptors (Lipinski definition) is 1. The Bertz CT molecular complexity index is 5150. The lowest BCUT2D eigenvalue weighted by molar-refractivity contribution is 0.669. The van der Waals surface area contributed by atoms with Gasteiger partial charge in [0.25, 0.3) is 0 Å². The molecule has 1 aliphatic rings. The van der Waals surface area contributed by atoms with E-state index in [-0.39, 0.29) is 0 Å². The smallest absolute Gasteiger partial charge is 0.135 e. The molecule has 0 unspecified atom stereocenters. The predicted octanol–water partition coefficient (Wildman–Crippen LogP) is 20.6. The van der Waals surface area contributed by atoms with Crippen molar-refractivity contribution in [2.24, 2.45) is 0 Å². The first kappa shape index (κ1) is 39.2. The van der Waals surface area contributed by atoms with Crippen molar-refractivity contribution in [2.45, 2.75) is 0 Å². The average molecular weight is 921 g/mol. The van der Waals surface area contributed by atoms with E-state index in [0.717, 1.165) is 33.1 Å². The van der Waals surface area contributed by atoms with Crippen LogP contribution in [0.3, 0.4) is 0 Å². The monoisotopic (exact) mass is 920 g/mol. The van der Waals surface area contributed by atoms with Crippen LogP contribution in [-0.2, 0) is 0 Å². The van der Waals surface area contributed by atoms with E-state index in [1.807, 2.05) is 6.07 Å². The van der Waals surface area contributed by atoms with Crippen LogP contribution < -0.4 is 0 Å². The fourth-order valence-corrected chi connectivity index (χ4v) is 13.3. The molecule has 0 N–H and O–H groups in total. The lowest BCUT2D eigenvalue weighted by atomic mass is 9.76. The Morgan fingerprint density at radius 3 is 0.753 bits per heavy atom. The van der Waals surface area contributed by atoms with E-state index in [9.17, 15) is 0 Å². The van der Waals surface area contributed by atoms with Crippen LogP contribution in [0.15, 0.2) is 247 Å². The number of para-hydroxylation sites is 1. The largest absolute Gasteiger partial charge is 0.456 e. The van der Waals surface area contributed by atoms with Crippen LogP contribution in [0.1, 0.15) is 0 Å². The summed E-state index contributed by atoms with van der Waals surface area (Å²) in [5.74, 6) is 0. The summed E-state index contributed by atoms with van der Waals surface area (Å²) in [6, 6.07) is 91.5. The molecular weight excluding hydrogens is 881 g/mol. The van der Waals surface area contributed by atoms with E-state index in [1.54, 1.807) is 0 Å². The molecule has 1 nitrogen and oxygen atoms in total. The highest BCUT2D eigenvalue weighted by molar-refractivity contribution is 6.31. The minimum atomic E-state index is 0.900. The summed E-state index contributed by atoms with van der Waals surface area (Å²) in [7, 11) is 0. The van der Waals surface area contributed by atoms with Crippen molar-refractivity contribution in [3.05, 3.63) is 243 Å². The average Bonchev–Trinajstić information content (AvgIpc) is 3.84. The Balaban J connectivity index is 1.09. The van der Waals surface area contributed by atoms with Crippen molar-refractivity contribution in [3.8, 4) is 55.6 Å². The molecule has 0 amide bonds. The standard InChI is InChI=1S/C72H40O/c1-7-21-49-43(15-1)44-16-3-9-23-51(44)60-37-66-64(35-58(49)60)55-31-29-41(42-30-32-72-70(34-42)56-27-13-14-28-71(56)73-72)33-57(55)65-36-59-50-22-8-2-17-45(50)46-18-4-10-24-52(46)61(59)38-67(65)69-40-63-54-26-12-6-20-48(54)47-19-5-11-25-53(47)62(63)39-68(66)69/h1-40H. The third-order valence-electron chi connectivity index (χ3n) is 16.5. The predicted molar refractivity (Wildman–Crippen MR) is 312 cm³/mol. The zero-order valence-corrected chi connectivity index (χ0v) is 39.5. The van der Waals surface area contributed by atoms with E-state index < -0.39 is 0 Å². The van der Waals surface area contributed by atoms with Gasteiger partial charge in [0.15, 0.2) is 0 Å². The summed E-state index contributed by atoms with van der Waals surface area (Å²) in [4.78, 5) is 0. The summed E-state index contributed by atoms with van der Waals surface area (Å²) >= 11 is 0. The zero-order chi connectivity index (χ0) is 47.5. The van der Waals surface area contributed by atoms with Crippen LogP contribution in [0.5, 0.6) is 0 Å². The second-order valence-corrected chi connectivity index (χ2v) is 20.2. The van der Waals surface area contributed by atoms with Gasteiger partial charge in [0.2, 0.25) is 0 Å². The molecule has 0 fully saturated rings. The van der Waals surface area contributed by atoms with Crippen molar-refractivity contribution < 1.29 is 4.42 Å². The van der Waals surface area contributed by atoms with E-state index >= 15 is 0 Å². The van der Waals surface area contributed by atoms with Gasteiger partial charge in [-0.05, 0) is 213 Å². The lowest BCUT2D eigenvalue weighted by Crippen LogP contribution is -2.00. The number of benzene rings is 15. The fraction of sp³-hybridized carbons (Fsp3) is 0.